The molecule has 2 atom stereocenters. The molecule has 0 radical (unpaired) electrons. The minimum atomic E-state index is 0.975. The molecule has 0 saturated carbocycles. The number of hydrogen-bond acceptors (Lipinski definition) is 0. The lowest BCUT2D eigenvalue weighted by Crippen LogP contribution is -2.18. The molecule has 94 valence electrons. The highest BCUT2D eigenvalue weighted by molar-refractivity contribution is 5.08. The van der Waals surface area contributed by atoms with E-state index in [4.69, 9.17) is 0 Å². The fourth-order valence-electron chi connectivity index (χ4n) is 3.28. The summed E-state index contributed by atoms with van der Waals surface area (Å²) in [6, 6.07) is 0. The zero-order chi connectivity index (χ0) is 11.9. The Balaban J connectivity index is 1.75. The molecule has 0 spiro atoms. The van der Waals surface area contributed by atoms with E-state index in [1.54, 1.807) is 5.57 Å². The number of unbranched alkanes of at least 4 members (excludes halogenated alkanes) is 1. The Hall–Kier alpha value is -0.780. The Labute approximate surface area is 106 Å². The van der Waals surface area contributed by atoms with Crippen LogP contribution in [0.5, 0.6) is 0 Å². The molecule has 0 nitrogen and oxygen atoms in total. The second kappa shape index (κ2) is 6.83. The zero-order valence-electron chi connectivity index (χ0n) is 11.0. The molecule has 0 fully saturated rings. The van der Waals surface area contributed by atoms with E-state index >= 15 is 0 Å². The lowest BCUT2D eigenvalue weighted by molar-refractivity contribution is 0.283. The summed E-state index contributed by atoms with van der Waals surface area (Å²) in [6.07, 6.45) is 21.4. The van der Waals surface area contributed by atoms with Crippen molar-refractivity contribution in [1.29, 1.82) is 0 Å². The van der Waals surface area contributed by atoms with Crippen LogP contribution in [0.3, 0.4) is 0 Å². The Morgan fingerprint density at radius 3 is 2.71 bits per heavy atom. The van der Waals surface area contributed by atoms with Gasteiger partial charge < -0.3 is 0 Å². The van der Waals surface area contributed by atoms with Gasteiger partial charge in [0.25, 0.3) is 0 Å². The summed E-state index contributed by atoms with van der Waals surface area (Å²) < 4.78 is 0. The van der Waals surface area contributed by atoms with Crippen LogP contribution < -0.4 is 0 Å². The number of hydrogen-bond donors (Lipinski definition) is 0. The first-order chi connectivity index (χ1) is 8.40. The molecule has 0 aliphatic heterocycles. The van der Waals surface area contributed by atoms with E-state index in [-0.39, 0.29) is 0 Å². The molecule has 0 heteroatoms. The molecule has 2 rings (SSSR count). The maximum absolute atomic E-state index is 3.79. The van der Waals surface area contributed by atoms with Crippen molar-refractivity contribution in [2.75, 3.05) is 0 Å². The number of rotatable bonds is 5. The van der Waals surface area contributed by atoms with E-state index in [9.17, 15) is 0 Å². The van der Waals surface area contributed by atoms with Crippen molar-refractivity contribution in [3.05, 3.63) is 36.5 Å². The molecule has 2 aliphatic carbocycles. The molecule has 0 amide bonds. The fraction of sp³-hybridized carbons (Fsp3) is 0.647. The maximum atomic E-state index is 3.79. The van der Waals surface area contributed by atoms with E-state index in [0.717, 1.165) is 11.8 Å². The first-order valence-electron chi connectivity index (χ1n) is 7.34. The second-order valence-corrected chi connectivity index (χ2v) is 5.62. The summed E-state index contributed by atoms with van der Waals surface area (Å²) in [5.74, 6) is 1.95. The predicted molar refractivity (Wildman–Crippen MR) is 76.0 cm³/mol. The smallest absolute Gasteiger partial charge is 0.0317 e. The van der Waals surface area contributed by atoms with Gasteiger partial charge in [0.2, 0.25) is 0 Å². The van der Waals surface area contributed by atoms with Crippen LogP contribution in [0.25, 0.3) is 0 Å². The SMILES string of the molecule is C=CCCCC1=CCC(C2CC=CCC2)CC1. The molecule has 2 unspecified atom stereocenters. The van der Waals surface area contributed by atoms with Gasteiger partial charge in [0.15, 0.2) is 0 Å². The van der Waals surface area contributed by atoms with Crippen LogP contribution in [-0.4, -0.2) is 0 Å². The monoisotopic (exact) mass is 230 g/mol. The van der Waals surface area contributed by atoms with E-state index in [0.29, 0.717) is 0 Å². The van der Waals surface area contributed by atoms with Gasteiger partial charge in [-0.25, -0.2) is 0 Å². The van der Waals surface area contributed by atoms with Gasteiger partial charge >= 0.3 is 0 Å². The van der Waals surface area contributed by atoms with E-state index < -0.39 is 0 Å². The van der Waals surface area contributed by atoms with Gasteiger partial charge in [0, 0.05) is 0 Å². The van der Waals surface area contributed by atoms with E-state index in [1.165, 1.54) is 57.8 Å². The molecule has 2 aliphatic rings. The molecule has 0 bridgehead atoms. The van der Waals surface area contributed by atoms with Crippen molar-refractivity contribution in [3.63, 3.8) is 0 Å². The molecule has 0 N–H and O–H groups in total. The number of allylic oxidation sites excluding steroid dienone is 5. The van der Waals surface area contributed by atoms with Crippen LogP contribution in [0.15, 0.2) is 36.5 Å². The van der Waals surface area contributed by atoms with E-state index in [1.807, 2.05) is 6.08 Å². The molecule has 0 aromatic rings. The predicted octanol–water partition coefficient (Wildman–Crippen LogP) is 5.43. The van der Waals surface area contributed by atoms with Crippen LogP contribution in [-0.2, 0) is 0 Å². The molecule has 0 heterocycles. The topological polar surface area (TPSA) is 0 Å². The highest BCUT2D eigenvalue weighted by Gasteiger charge is 2.23. The van der Waals surface area contributed by atoms with Crippen molar-refractivity contribution < 1.29 is 0 Å². The van der Waals surface area contributed by atoms with Crippen LogP contribution in [0.1, 0.15) is 57.8 Å². The fourth-order valence-corrected chi connectivity index (χ4v) is 3.28. The minimum Gasteiger partial charge on any atom is -0.103 e. The summed E-state index contributed by atoms with van der Waals surface area (Å²) in [5, 5.41) is 0. The average molecular weight is 230 g/mol. The van der Waals surface area contributed by atoms with Crippen LogP contribution in [0.4, 0.5) is 0 Å². The van der Waals surface area contributed by atoms with Crippen LogP contribution in [0, 0.1) is 11.8 Å². The average Bonchev–Trinajstić information content (AvgIpc) is 2.41. The molecular formula is C17H26. The second-order valence-electron chi connectivity index (χ2n) is 5.62. The molecular weight excluding hydrogens is 204 g/mol. The largest absolute Gasteiger partial charge is 0.103 e. The van der Waals surface area contributed by atoms with Crippen molar-refractivity contribution in [1.82, 2.24) is 0 Å². The minimum absolute atomic E-state index is 0.975. The Bertz CT molecular complexity index is 295. The van der Waals surface area contributed by atoms with Gasteiger partial charge in [-0.05, 0) is 69.6 Å². The third-order valence-corrected chi connectivity index (χ3v) is 4.43. The Kier molecular flexibility index (Phi) is 5.09. The van der Waals surface area contributed by atoms with Crippen molar-refractivity contribution in [2.24, 2.45) is 11.8 Å². The summed E-state index contributed by atoms with van der Waals surface area (Å²) in [5.41, 5.74) is 1.72. The van der Waals surface area contributed by atoms with Gasteiger partial charge in [0.1, 0.15) is 0 Å². The quantitative estimate of drug-likeness (QED) is 0.436. The first-order valence-corrected chi connectivity index (χ1v) is 7.34. The molecule has 0 saturated heterocycles. The van der Waals surface area contributed by atoms with Gasteiger partial charge in [-0.2, -0.15) is 0 Å². The van der Waals surface area contributed by atoms with Gasteiger partial charge in [0.05, 0.1) is 0 Å². The molecule has 0 aromatic heterocycles. The highest BCUT2D eigenvalue weighted by Crippen LogP contribution is 2.36. The van der Waals surface area contributed by atoms with Gasteiger partial charge in [-0.15, -0.1) is 6.58 Å². The summed E-state index contributed by atoms with van der Waals surface area (Å²) in [7, 11) is 0. The van der Waals surface area contributed by atoms with E-state index in [2.05, 4.69) is 24.8 Å². The Morgan fingerprint density at radius 2 is 2.06 bits per heavy atom. The molecule has 0 aromatic carbocycles. The van der Waals surface area contributed by atoms with Gasteiger partial charge in [-0.3, -0.25) is 0 Å². The van der Waals surface area contributed by atoms with Crippen LogP contribution in [0.2, 0.25) is 0 Å². The van der Waals surface area contributed by atoms with Gasteiger partial charge in [-0.1, -0.05) is 29.9 Å². The molecule has 17 heavy (non-hydrogen) atoms. The van der Waals surface area contributed by atoms with Crippen LogP contribution >= 0.6 is 0 Å². The van der Waals surface area contributed by atoms with Crippen molar-refractivity contribution >= 4 is 0 Å². The van der Waals surface area contributed by atoms with Crippen molar-refractivity contribution in [3.8, 4) is 0 Å². The highest BCUT2D eigenvalue weighted by atomic mass is 14.3. The lowest BCUT2D eigenvalue weighted by Gasteiger charge is -2.30. The first kappa shape index (κ1) is 12.7. The summed E-state index contributed by atoms with van der Waals surface area (Å²) in [4.78, 5) is 0. The normalized spacial score (nSPS) is 28.8. The Morgan fingerprint density at radius 1 is 1.18 bits per heavy atom. The lowest BCUT2D eigenvalue weighted by atomic mass is 9.75. The third kappa shape index (κ3) is 3.87. The summed E-state index contributed by atoms with van der Waals surface area (Å²) in [6.45, 7) is 3.79. The zero-order valence-corrected chi connectivity index (χ0v) is 11.0. The maximum Gasteiger partial charge on any atom is -0.0317 e. The van der Waals surface area contributed by atoms with Crippen molar-refractivity contribution in [2.45, 2.75) is 57.8 Å². The standard InChI is InChI=1S/C17H26/c1-2-3-5-8-15-11-13-17(14-12-15)16-9-6-4-7-10-16/h2,4,6,11,16-17H,1,3,5,7-10,12-14H2. The summed E-state index contributed by atoms with van der Waals surface area (Å²) >= 11 is 0. The third-order valence-electron chi connectivity index (χ3n) is 4.43.